The largest absolute Gasteiger partial charge is 0.494 e. The number of nitrogens with one attached hydrogen (secondary N) is 1. The minimum Gasteiger partial charge on any atom is -0.494 e. The van der Waals surface area contributed by atoms with E-state index in [0.717, 1.165) is 15.4 Å². The highest BCUT2D eigenvalue weighted by Crippen LogP contribution is 2.26. The molecule has 3 aromatic carbocycles. The Morgan fingerprint density at radius 1 is 0.949 bits per heavy atom. The van der Waals surface area contributed by atoms with Crippen molar-refractivity contribution in [2.75, 3.05) is 24.0 Å². The van der Waals surface area contributed by atoms with Crippen molar-refractivity contribution in [3.63, 3.8) is 0 Å². The van der Waals surface area contributed by atoms with Crippen LogP contribution in [0.15, 0.2) is 77.7 Å². The highest BCUT2D eigenvalue weighted by Gasteiger charge is 2.32. The summed E-state index contributed by atoms with van der Waals surface area (Å²) in [6.07, 6.45) is 0. The number of sulfonamides is 1. The number of rotatable bonds is 12. The number of carbonyl (C=O) groups excluding carboxylic acids is 2. The SMILES string of the molecule is CCNC(=O)[C@@H](C)N(Cc1ccc(Cl)cc1)C(=O)CN(c1ccc(C)cc1)S(=O)(=O)c1ccc(OCC)cc1. The molecule has 208 valence electrons. The molecule has 3 rings (SSSR count). The Labute approximate surface area is 235 Å². The molecule has 0 aromatic heterocycles. The molecule has 3 aromatic rings. The molecular weight excluding hydrogens is 538 g/mol. The zero-order valence-corrected chi connectivity index (χ0v) is 24.1. The number of carbonyl (C=O) groups is 2. The van der Waals surface area contributed by atoms with Crippen LogP contribution in [0.25, 0.3) is 0 Å². The van der Waals surface area contributed by atoms with Crippen LogP contribution in [0.2, 0.25) is 5.02 Å². The topological polar surface area (TPSA) is 96.0 Å². The average molecular weight is 572 g/mol. The van der Waals surface area contributed by atoms with Gasteiger partial charge in [-0.1, -0.05) is 41.4 Å². The lowest BCUT2D eigenvalue weighted by Gasteiger charge is -2.32. The molecule has 0 saturated carbocycles. The van der Waals surface area contributed by atoms with Gasteiger partial charge < -0.3 is 15.0 Å². The van der Waals surface area contributed by atoms with Crippen molar-refractivity contribution in [3.05, 3.63) is 88.9 Å². The van der Waals surface area contributed by atoms with Gasteiger partial charge in [-0.25, -0.2) is 8.42 Å². The first-order chi connectivity index (χ1) is 18.6. The Morgan fingerprint density at radius 2 is 1.56 bits per heavy atom. The molecule has 1 atom stereocenters. The number of hydrogen-bond donors (Lipinski definition) is 1. The number of hydrogen-bond acceptors (Lipinski definition) is 5. The summed E-state index contributed by atoms with van der Waals surface area (Å²) in [4.78, 5) is 28.0. The third kappa shape index (κ3) is 7.74. The molecule has 8 nitrogen and oxygen atoms in total. The summed E-state index contributed by atoms with van der Waals surface area (Å²) >= 11 is 6.02. The number of nitrogens with zero attached hydrogens (tertiary/aromatic N) is 2. The van der Waals surface area contributed by atoms with Crippen molar-refractivity contribution < 1.29 is 22.7 Å². The van der Waals surface area contributed by atoms with Gasteiger partial charge in [0.15, 0.2) is 0 Å². The summed E-state index contributed by atoms with van der Waals surface area (Å²) in [6.45, 7) is 7.58. The standard InChI is InChI=1S/C29H34ClN3O5S/c1-5-31-29(35)22(4)32(19-23-9-11-24(30)12-10-23)28(34)20-33(25-13-7-21(3)8-14-25)39(36,37)27-17-15-26(16-18-27)38-6-2/h7-18,22H,5-6,19-20H2,1-4H3,(H,31,35)/t22-/m1/s1. The second-order valence-corrected chi connectivity index (χ2v) is 11.3. The van der Waals surface area contributed by atoms with E-state index in [-0.39, 0.29) is 17.3 Å². The molecule has 0 aliphatic carbocycles. The summed E-state index contributed by atoms with van der Waals surface area (Å²) in [7, 11) is -4.15. The Hall–Kier alpha value is -3.56. The second kappa shape index (κ2) is 13.5. The highest BCUT2D eigenvalue weighted by atomic mass is 35.5. The fraction of sp³-hybridized carbons (Fsp3) is 0.310. The molecule has 0 aliphatic heterocycles. The maximum atomic E-state index is 13.9. The van der Waals surface area contributed by atoms with Crippen molar-refractivity contribution in [1.29, 1.82) is 0 Å². The maximum absolute atomic E-state index is 13.9. The second-order valence-electron chi connectivity index (χ2n) is 8.97. The Morgan fingerprint density at radius 3 is 2.13 bits per heavy atom. The van der Waals surface area contributed by atoms with E-state index in [1.807, 2.05) is 13.8 Å². The number of halogens is 1. The van der Waals surface area contributed by atoms with Crippen LogP contribution in [-0.4, -0.2) is 50.9 Å². The lowest BCUT2D eigenvalue weighted by atomic mass is 10.1. The summed E-state index contributed by atoms with van der Waals surface area (Å²) in [5, 5.41) is 3.28. The minimum atomic E-state index is -4.15. The van der Waals surface area contributed by atoms with Gasteiger partial charge in [0.2, 0.25) is 11.8 Å². The molecule has 2 amide bonds. The zero-order chi connectivity index (χ0) is 28.6. The van der Waals surface area contributed by atoms with Gasteiger partial charge >= 0.3 is 0 Å². The van der Waals surface area contributed by atoms with Gasteiger partial charge in [-0.3, -0.25) is 13.9 Å². The van der Waals surface area contributed by atoms with Crippen molar-refractivity contribution in [2.45, 2.75) is 45.2 Å². The van der Waals surface area contributed by atoms with Crippen LogP contribution in [0.3, 0.4) is 0 Å². The molecule has 0 fully saturated rings. The predicted octanol–water partition coefficient (Wildman–Crippen LogP) is 4.80. The smallest absolute Gasteiger partial charge is 0.264 e. The molecule has 0 saturated heterocycles. The van der Waals surface area contributed by atoms with Crippen molar-refractivity contribution >= 4 is 39.1 Å². The van der Waals surface area contributed by atoms with Crippen molar-refractivity contribution in [1.82, 2.24) is 10.2 Å². The first-order valence-electron chi connectivity index (χ1n) is 12.7. The van der Waals surface area contributed by atoms with Crippen LogP contribution >= 0.6 is 11.6 Å². The molecule has 0 spiro atoms. The Kier molecular flexibility index (Phi) is 10.4. The monoisotopic (exact) mass is 571 g/mol. The Balaban J connectivity index is 2.00. The number of ether oxygens (including phenoxy) is 1. The molecule has 1 N–H and O–H groups in total. The van der Waals surface area contributed by atoms with E-state index in [2.05, 4.69) is 5.32 Å². The fourth-order valence-electron chi connectivity index (χ4n) is 3.93. The van der Waals surface area contributed by atoms with E-state index in [1.165, 1.54) is 17.0 Å². The third-order valence-corrected chi connectivity index (χ3v) is 8.15. The number of benzene rings is 3. The van der Waals surface area contributed by atoms with Gasteiger partial charge in [-0.2, -0.15) is 0 Å². The van der Waals surface area contributed by atoms with Crippen molar-refractivity contribution in [3.8, 4) is 5.75 Å². The summed E-state index contributed by atoms with van der Waals surface area (Å²) in [5.74, 6) is -0.325. The first kappa shape index (κ1) is 30.0. The quantitative estimate of drug-likeness (QED) is 0.337. The number of aryl methyl sites for hydroxylation is 1. The fourth-order valence-corrected chi connectivity index (χ4v) is 5.47. The molecule has 10 heteroatoms. The minimum absolute atomic E-state index is 0.0142. The molecular formula is C29H34ClN3O5S. The van der Waals surface area contributed by atoms with Crippen LogP contribution in [0.5, 0.6) is 5.75 Å². The summed E-state index contributed by atoms with van der Waals surface area (Å²) in [5.41, 5.74) is 2.03. The van der Waals surface area contributed by atoms with Crippen LogP contribution < -0.4 is 14.4 Å². The van der Waals surface area contributed by atoms with Gasteiger partial charge in [0.25, 0.3) is 10.0 Å². The Bertz CT molecular complexity index is 1360. The maximum Gasteiger partial charge on any atom is 0.264 e. The van der Waals surface area contributed by atoms with Gasteiger partial charge in [0.05, 0.1) is 17.2 Å². The molecule has 0 radical (unpaired) electrons. The molecule has 39 heavy (non-hydrogen) atoms. The van der Waals surface area contributed by atoms with Gasteiger partial charge in [-0.15, -0.1) is 0 Å². The van der Waals surface area contributed by atoms with Crippen LogP contribution in [0.1, 0.15) is 31.9 Å². The van der Waals surface area contributed by atoms with Crippen LogP contribution in [0, 0.1) is 6.92 Å². The van der Waals surface area contributed by atoms with Gasteiger partial charge in [0, 0.05) is 18.1 Å². The lowest BCUT2D eigenvalue weighted by Crippen LogP contribution is -2.51. The number of anilines is 1. The zero-order valence-electron chi connectivity index (χ0n) is 22.6. The predicted molar refractivity (Wildman–Crippen MR) is 153 cm³/mol. The molecule has 0 unspecified atom stereocenters. The van der Waals surface area contributed by atoms with E-state index in [1.54, 1.807) is 74.5 Å². The van der Waals surface area contributed by atoms with Gasteiger partial charge in [-0.05, 0) is 81.8 Å². The van der Waals surface area contributed by atoms with Crippen molar-refractivity contribution in [2.24, 2.45) is 0 Å². The molecule has 0 bridgehead atoms. The third-order valence-electron chi connectivity index (χ3n) is 6.11. The van der Waals surface area contributed by atoms with E-state index < -0.39 is 28.5 Å². The highest BCUT2D eigenvalue weighted by molar-refractivity contribution is 7.92. The average Bonchev–Trinajstić information content (AvgIpc) is 2.92. The first-order valence-corrected chi connectivity index (χ1v) is 14.5. The summed E-state index contributed by atoms with van der Waals surface area (Å²) in [6, 6.07) is 19.0. The van der Waals surface area contributed by atoms with Crippen LogP contribution in [-0.2, 0) is 26.2 Å². The van der Waals surface area contributed by atoms with E-state index >= 15 is 0 Å². The summed E-state index contributed by atoms with van der Waals surface area (Å²) < 4.78 is 34.3. The lowest BCUT2D eigenvalue weighted by molar-refractivity contribution is -0.139. The van der Waals surface area contributed by atoms with E-state index in [9.17, 15) is 18.0 Å². The molecule has 0 aliphatic rings. The van der Waals surface area contributed by atoms with E-state index in [0.29, 0.717) is 29.6 Å². The molecule has 0 heterocycles. The number of likely N-dealkylation sites (N-methyl/N-ethyl adjacent to an activating group) is 1. The van der Waals surface area contributed by atoms with Gasteiger partial charge in [0.1, 0.15) is 18.3 Å². The number of amides is 2. The normalized spacial score (nSPS) is 11.9. The van der Waals surface area contributed by atoms with Crippen LogP contribution in [0.4, 0.5) is 5.69 Å². The van der Waals surface area contributed by atoms with E-state index in [4.69, 9.17) is 16.3 Å².